The highest BCUT2D eigenvalue weighted by Crippen LogP contribution is 2.24. The Kier molecular flexibility index (Phi) is 9.05. The first-order valence-electron chi connectivity index (χ1n) is 14.1. The van der Waals surface area contributed by atoms with Crippen LogP contribution in [0.2, 0.25) is 0 Å². The summed E-state index contributed by atoms with van der Waals surface area (Å²) in [7, 11) is 3.39. The maximum absolute atomic E-state index is 13.1. The van der Waals surface area contributed by atoms with Crippen LogP contribution >= 0.6 is 0 Å². The number of aromatic nitrogens is 2. The minimum atomic E-state index is -0.739. The molecular weight excluding hydrogens is 538 g/mol. The molecule has 11 heteroatoms. The van der Waals surface area contributed by atoms with Crippen LogP contribution in [-0.4, -0.2) is 82.8 Å². The van der Waals surface area contributed by atoms with Crippen molar-refractivity contribution < 1.29 is 23.9 Å². The number of ether oxygens (including phenoxy) is 2. The smallest absolute Gasteiger partial charge is 0.409 e. The monoisotopic (exact) mass is 573 g/mol. The summed E-state index contributed by atoms with van der Waals surface area (Å²) >= 11 is 0. The largest absolute Gasteiger partial charge is 0.445 e. The number of aryl methyl sites for hydroxylation is 1. The Morgan fingerprint density at radius 3 is 2.74 bits per heavy atom. The van der Waals surface area contributed by atoms with Gasteiger partial charge in [-0.1, -0.05) is 48.2 Å². The Bertz CT molecular complexity index is 1580. The van der Waals surface area contributed by atoms with E-state index in [0.29, 0.717) is 49.3 Å². The number of morpholine rings is 1. The Balaban J connectivity index is 1.18. The number of carbonyl (C=O) groups is 3. The average molecular weight is 574 g/mol. The van der Waals surface area contributed by atoms with Gasteiger partial charge in [-0.25, -0.2) is 9.59 Å². The van der Waals surface area contributed by atoms with Crippen molar-refractivity contribution >= 4 is 28.9 Å². The molecular formula is C31H35N5O6. The van der Waals surface area contributed by atoms with Crippen molar-refractivity contribution in [1.29, 1.82) is 0 Å². The molecule has 0 radical (unpaired) electrons. The second-order valence-corrected chi connectivity index (χ2v) is 10.6. The topological polar surface area (TPSA) is 115 Å². The number of imide groups is 1. The normalized spacial score (nSPS) is 19.2. The summed E-state index contributed by atoms with van der Waals surface area (Å²) in [6.07, 6.45) is 0.746. The highest BCUT2D eigenvalue weighted by Gasteiger charge is 2.31. The second kappa shape index (κ2) is 13.1. The van der Waals surface area contributed by atoms with Crippen molar-refractivity contribution in [3.05, 3.63) is 70.1 Å². The fraction of sp³-hybridized carbons (Fsp3) is 0.419. The molecule has 3 amide bonds. The predicted octanol–water partition coefficient (Wildman–Crippen LogP) is 2.03. The van der Waals surface area contributed by atoms with E-state index in [9.17, 15) is 19.2 Å². The number of imidazole rings is 1. The van der Waals surface area contributed by atoms with Crippen molar-refractivity contribution in [1.82, 2.24) is 24.3 Å². The Morgan fingerprint density at radius 2 is 1.95 bits per heavy atom. The van der Waals surface area contributed by atoms with Gasteiger partial charge in [-0.05, 0) is 30.5 Å². The molecule has 3 aromatic rings. The van der Waals surface area contributed by atoms with Gasteiger partial charge in [0.1, 0.15) is 12.6 Å². The van der Waals surface area contributed by atoms with E-state index in [2.05, 4.69) is 22.1 Å². The van der Waals surface area contributed by atoms with Gasteiger partial charge in [0.15, 0.2) is 0 Å². The first-order valence-corrected chi connectivity index (χ1v) is 14.1. The van der Waals surface area contributed by atoms with E-state index in [1.165, 1.54) is 9.13 Å². The zero-order valence-corrected chi connectivity index (χ0v) is 23.9. The Morgan fingerprint density at radius 1 is 1.14 bits per heavy atom. The molecule has 0 saturated carbocycles. The molecule has 2 aromatic carbocycles. The van der Waals surface area contributed by atoms with Gasteiger partial charge in [-0.2, -0.15) is 0 Å². The highest BCUT2D eigenvalue weighted by molar-refractivity contribution is 6.00. The zero-order valence-electron chi connectivity index (χ0n) is 23.9. The third-order valence-electron chi connectivity index (χ3n) is 7.68. The molecule has 2 aliphatic rings. The molecule has 2 saturated heterocycles. The lowest BCUT2D eigenvalue weighted by molar-refractivity contribution is -0.135. The van der Waals surface area contributed by atoms with Gasteiger partial charge in [0.05, 0.1) is 35.9 Å². The first-order chi connectivity index (χ1) is 20.3. The van der Waals surface area contributed by atoms with E-state index >= 15 is 0 Å². The van der Waals surface area contributed by atoms with E-state index in [1.54, 1.807) is 25.1 Å². The number of rotatable bonds is 7. The van der Waals surface area contributed by atoms with E-state index < -0.39 is 11.9 Å². The highest BCUT2D eigenvalue weighted by atomic mass is 16.6. The van der Waals surface area contributed by atoms with Crippen LogP contribution in [0, 0.1) is 11.8 Å². The van der Waals surface area contributed by atoms with Crippen molar-refractivity contribution in [3.8, 4) is 11.8 Å². The van der Waals surface area contributed by atoms with Crippen LogP contribution in [-0.2, 0) is 32.7 Å². The van der Waals surface area contributed by atoms with E-state index in [-0.39, 0.29) is 43.2 Å². The summed E-state index contributed by atoms with van der Waals surface area (Å²) in [5.74, 6) is 5.66. The minimum absolute atomic E-state index is 0.0308. The predicted molar refractivity (Wildman–Crippen MR) is 156 cm³/mol. The fourth-order valence-corrected chi connectivity index (χ4v) is 5.37. The third kappa shape index (κ3) is 6.56. The fourth-order valence-electron chi connectivity index (χ4n) is 5.37. The van der Waals surface area contributed by atoms with Gasteiger partial charge in [-0.3, -0.25) is 28.9 Å². The second-order valence-electron chi connectivity index (χ2n) is 10.6. The maximum atomic E-state index is 13.1. The molecule has 1 N–H and O–H groups in total. The quantitative estimate of drug-likeness (QED) is 0.340. The van der Waals surface area contributed by atoms with E-state index in [0.717, 1.165) is 12.1 Å². The molecule has 220 valence electrons. The number of piperidine rings is 1. The average Bonchev–Trinajstić information content (AvgIpc) is 3.25. The number of hydrogen-bond donors (Lipinski definition) is 1. The molecule has 2 aliphatic heterocycles. The van der Waals surface area contributed by atoms with Crippen molar-refractivity contribution in [2.24, 2.45) is 7.05 Å². The van der Waals surface area contributed by atoms with Gasteiger partial charge >= 0.3 is 11.8 Å². The molecule has 1 unspecified atom stereocenters. The standard InChI is InChI=1S/C31H35N5O6/c1-33(31(40)42-21-22-8-4-3-5-9-22)17-15-24-20-35(18-19-41-24)16-7-11-23-10-6-12-25-28(23)34(2)30(39)36(25)26-13-14-27(37)32-29(26)38/h3-6,8-10,12,24,26H,13-21H2,1-2H3,(H,32,37,38)/t24-,26?/m0/s1. The summed E-state index contributed by atoms with van der Waals surface area (Å²) in [6.45, 7) is 3.28. The summed E-state index contributed by atoms with van der Waals surface area (Å²) in [6, 6.07) is 14.3. The minimum Gasteiger partial charge on any atom is -0.445 e. The van der Waals surface area contributed by atoms with E-state index in [1.807, 2.05) is 42.5 Å². The van der Waals surface area contributed by atoms with Gasteiger partial charge in [0.2, 0.25) is 11.8 Å². The van der Waals surface area contributed by atoms with Crippen LogP contribution in [0.15, 0.2) is 53.3 Å². The van der Waals surface area contributed by atoms with Crippen molar-refractivity contribution in [3.63, 3.8) is 0 Å². The molecule has 3 heterocycles. The molecule has 0 bridgehead atoms. The van der Waals surface area contributed by atoms with Crippen molar-refractivity contribution in [2.75, 3.05) is 39.8 Å². The van der Waals surface area contributed by atoms with E-state index in [4.69, 9.17) is 9.47 Å². The van der Waals surface area contributed by atoms with Crippen LogP contribution in [0.25, 0.3) is 11.0 Å². The molecule has 0 spiro atoms. The summed E-state index contributed by atoms with van der Waals surface area (Å²) in [5.41, 5.74) is 2.58. The number of carbonyl (C=O) groups excluding carboxylic acids is 3. The molecule has 2 fully saturated rings. The summed E-state index contributed by atoms with van der Waals surface area (Å²) < 4.78 is 14.3. The number of nitrogens with zero attached hydrogens (tertiary/aromatic N) is 4. The molecule has 1 aromatic heterocycles. The van der Waals surface area contributed by atoms with Crippen LogP contribution in [0.1, 0.15) is 36.4 Å². The lowest BCUT2D eigenvalue weighted by atomic mass is 10.1. The Hall–Kier alpha value is -4.40. The summed E-state index contributed by atoms with van der Waals surface area (Å²) in [5, 5.41) is 2.33. The lowest BCUT2D eigenvalue weighted by Gasteiger charge is -2.32. The maximum Gasteiger partial charge on any atom is 0.409 e. The van der Waals surface area contributed by atoms with Gasteiger partial charge in [0, 0.05) is 40.2 Å². The third-order valence-corrected chi connectivity index (χ3v) is 7.68. The molecule has 11 nitrogen and oxygen atoms in total. The zero-order chi connectivity index (χ0) is 29.6. The SMILES string of the molecule is CN(CC[C@H]1CN(CC#Cc2cccc3c2n(C)c(=O)n3C2CCC(=O)NC2=O)CCO1)C(=O)OCc1ccccc1. The van der Waals surface area contributed by atoms with Gasteiger partial charge in [-0.15, -0.1) is 0 Å². The van der Waals surface area contributed by atoms with Crippen LogP contribution < -0.4 is 11.0 Å². The molecule has 2 atom stereocenters. The van der Waals surface area contributed by atoms with Crippen LogP contribution in [0.3, 0.4) is 0 Å². The number of hydrogen-bond acceptors (Lipinski definition) is 7. The Labute approximate surface area is 244 Å². The summed E-state index contributed by atoms with van der Waals surface area (Å²) in [4.78, 5) is 53.4. The lowest BCUT2D eigenvalue weighted by Crippen LogP contribution is -2.44. The van der Waals surface area contributed by atoms with Gasteiger partial charge in [0.25, 0.3) is 0 Å². The molecule has 42 heavy (non-hydrogen) atoms. The molecule has 0 aliphatic carbocycles. The molecule has 5 rings (SSSR count). The number of para-hydroxylation sites is 1. The van der Waals surface area contributed by atoms with Gasteiger partial charge < -0.3 is 14.4 Å². The van der Waals surface area contributed by atoms with Crippen molar-refractivity contribution in [2.45, 2.75) is 38.0 Å². The van der Waals surface area contributed by atoms with Crippen LogP contribution in [0.4, 0.5) is 4.79 Å². The number of amides is 3. The first kappa shape index (κ1) is 29.1. The number of benzene rings is 2. The van der Waals surface area contributed by atoms with Crippen LogP contribution in [0.5, 0.6) is 0 Å². The number of fused-ring (bicyclic) bond motifs is 1. The number of nitrogens with one attached hydrogen (secondary N) is 1.